The van der Waals surface area contributed by atoms with Gasteiger partial charge in [0.25, 0.3) is 0 Å². The lowest BCUT2D eigenvalue weighted by molar-refractivity contribution is 0.149. The van der Waals surface area contributed by atoms with Crippen LogP contribution in [0.1, 0.15) is 99.3 Å². The molecular formula is C29H37N7. The Balaban J connectivity index is 1.18. The molecule has 4 atom stereocenters. The van der Waals surface area contributed by atoms with Gasteiger partial charge in [-0.3, -0.25) is 4.90 Å². The van der Waals surface area contributed by atoms with Gasteiger partial charge in [-0.1, -0.05) is 12.1 Å². The smallest absolute Gasteiger partial charge is 0.124 e. The van der Waals surface area contributed by atoms with Gasteiger partial charge >= 0.3 is 0 Å². The topological polar surface area (TPSA) is 84.7 Å². The fraction of sp³-hybridized carbons (Fsp3) is 0.517. The van der Waals surface area contributed by atoms with Crippen LogP contribution in [0, 0.1) is 0 Å². The summed E-state index contributed by atoms with van der Waals surface area (Å²) in [6.45, 7) is 6.84. The minimum Gasteiger partial charge on any atom is -0.341 e. The molecule has 0 bridgehead atoms. The van der Waals surface area contributed by atoms with Crippen LogP contribution in [0.3, 0.4) is 0 Å². The number of hydrogen-bond acceptors (Lipinski definition) is 5. The summed E-state index contributed by atoms with van der Waals surface area (Å²) in [7, 11) is 0. The normalized spacial score (nSPS) is 27.3. The average molecular weight is 484 g/mol. The lowest BCUT2D eigenvalue weighted by atomic mass is 10.0. The third-order valence-corrected chi connectivity index (χ3v) is 8.63. The highest BCUT2D eigenvalue weighted by Crippen LogP contribution is 2.46. The predicted molar refractivity (Wildman–Crippen MR) is 144 cm³/mol. The van der Waals surface area contributed by atoms with Gasteiger partial charge in [0.05, 0.1) is 34.2 Å². The standard InChI is InChI=1S/C29H37N7/c1-17(2)36-26(18-7-9-20-24(15-18)34-28(32-20)22-5-3-13-30-22)11-12-27(36)19-8-10-21-25(16-19)35-29(33-21)23-6-4-14-31-23/h7-10,15-17,22-23,26-27,30-31H,3-6,11-14H2,1-2H3,(H,32,34)(H,33,35)/t22?,23?,26-,27-/m1/s1. The molecule has 7 nitrogen and oxygen atoms in total. The average Bonchev–Trinajstić information content (AvgIpc) is 3.72. The van der Waals surface area contributed by atoms with Crippen molar-refractivity contribution in [2.45, 2.75) is 82.6 Å². The van der Waals surface area contributed by atoms with Crippen molar-refractivity contribution >= 4 is 22.1 Å². The van der Waals surface area contributed by atoms with Crippen molar-refractivity contribution < 1.29 is 0 Å². The number of nitrogens with one attached hydrogen (secondary N) is 4. The third-order valence-electron chi connectivity index (χ3n) is 8.63. The van der Waals surface area contributed by atoms with E-state index >= 15 is 0 Å². The van der Waals surface area contributed by atoms with E-state index in [0.717, 1.165) is 72.5 Å². The molecule has 7 heteroatoms. The second kappa shape index (κ2) is 8.98. The number of aromatic nitrogens is 4. The van der Waals surface area contributed by atoms with E-state index in [9.17, 15) is 0 Å². The van der Waals surface area contributed by atoms with E-state index < -0.39 is 0 Å². The Morgan fingerprint density at radius 1 is 0.722 bits per heavy atom. The Kier molecular flexibility index (Phi) is 5.60. The molecule has 7 rings (SSSR count). The van der Waals surface area contributed by atoms with Gasteiger partial charge in [0.15, 0.2) is 0 Å². The summed E-state index contributed by atoms with van der Waals surface area (Å²) in [6, 6.07) is 15.7. The number of aromatic amines is 2. The zero-order valence-electron chi connectivity index (χ0n) is 21.3. The number of benzene rings is 2. The number of rotatable bonds is 5. The first-order valence-electron chi connectivity index (χ1n) is 13.9. The molecule has 2 aromatic heterocycles. The summed E-state index contributed by atoms with van der Waals surface area (Å²) < 4.78 is 0. The molecule has 0 amide bonds. The first-order chi connectivity index (χ1) is 17.6. The van der Waals surface area contributed by atoms with Crippen molar-refractivity contribution in [2.75, 3.05) is 13.1 Å². The van der Waals surface area contributed by atoms with Gasteiger partial charge in [0.2, 0.25) is 0 Å². The maximum atomic E-state index is 4.99. The summed E-state index contributed by atoms with van der Waals surface area (Å²) >= 11 is 0. The van der Waals surface area contributed by atoms with Gasteiger partial charge in [-0.15, -0.1) is 0 Å². The zero-order chi connectivity index (χ0) is 24.2. The minimum atomic E-state index is 0.366. The Bertz CT molecular complexity index is 1270. The van der Waals surface area contributed by atoms with E-state index in [1.807, 2.05) is 0 Å². The second-order valence-corrected chi connectivity index (χ2v) is 11.2. The maximum Gasteiger partial charge on any atom is 0.124 e. The van der Waals surface area contributed by atoms with Crippen LogP contribution in [0.15, 0.2) is 36.4 Å². The maximum absolute atomic E-state index is 4.99. The largest absolute Gasteiger partial charge is 0.341 e. The fourth-order valence-electron chi connectivity index (χ4n) is 6.89. The van der Waals surface area contributed by atoms with Gasteiger partial charge in [-0.05, 0) is 101 Å². The molecule has 4 N–H and O–H groups in total. The van der Waals surface area contributed by atoms with Gasteiger partial charge in [-0.25, -0.2) is 9.97 Å². The van der Waals surface area contributed by atoms with Crippen molar-refractivity contribution in [3.8, 4) is 0 Å². The van der Waals surface area contributed by atoms with Crippen LogP contribution in [0.4, 0.5) is 0 Å². The van der Waals surface area contributed by atoms with E-state index in [4.69, 9.17) is 9.97 Å². The van der Waals surface area contributed by atoms with E-state index in [0.29, 0.717) is 30.2 Å². The number of likely N-dealkylation sites (tertiary alicyclic amines) is 1. The molecule has 0 spiro atoms. The highest BCUT2D eigenvalue weighted by atomic mass is 15.2. The summed E-state index contributed by atoms with van der Waals surface area (Å²) in [5.74, 6) is 2.17. The molecule has 188 valence electrons. The predicted octanol–water partition coefficient (Wildman–Crippen LogP) is 5.57. The fourth-order valence-corrected chi connectivity index (χ4v) is 6.89. The minimum absolute atomic E-state index is 0.366. The van der Waals surface area contributed by atoms with Crippen LogP contribution in [0.5, 0.6) is 0 Å². The summed E-state index contributed by atoms with van der Waals surface area (Å²) in [4.78, 5) is 19.8. The third kappa shape index (κ3) is 3.85. The van der Waals surface area contributed by atoms with E-state index in [1.165, 1.54) is 24.0 Å². The van der Waals surface area contributed by atoms with Crippen LogP contribution in [-0.2, 0) is 0 Å². The monoisotopic (exact) mass is 483 g/mol. The number of hydrogen-bond donors (Lipinski definition) is 4. The van der Waals surface area contributed by atoms with Crippen molar-refractivity contribution in [3.63, 3.8) is 0 Å². The van der Waals surface area contributed by atoms with Crippen LogP contribution in [0.25, 0.3) is 22.1 Å². The second-order valence-electron chi connectivity index (χ2n) is 11.2. The SMILES string of the molecule is CC(C)N1[C@@H](c2ccc3[nH]c(C4CCCN4)nc3c2)CC[C@@H]1c1ccc2[nH]c(C3CCCN3)nc2c1. The first-order valence-corrected chi connectivity index (χ1v) is 13.9. The Morgan fingerprint density at radius 3 is 1.64 bits per heavy atom. The molecule has 0 radical (unpaired) electrons. The van der Waals surface area contributed by atoms with Gasteiger partial charge in [0.1, 0.15) is 11.6 Å². The highest BCUT2D eigenvalue weighted by Gasteiger charge is 2.37. The van der Waals surface area contributed by atoms with Crippen molar-refractivity contribution in [2.24, 2.45) is 0 Å². The number of nitrogens with zero attached hydrogens (tertiary/aromatic N) is 3. The molecule has 2 unspecified atom stereocenters. The molecule has 0 aliphatic carbocycles. The van der Waals surface area contributed by atoms with Crippen molar-refractivity contribution in [1.82, 2.24) is 35.5 Å². The van der Waals surface area contributed by atoms with Crippen LogP contribution >= 0.6 is 0 Å². The van der Waals surface area contributed by atoms with Crippen LogP contribution < -0.4 is 10.6 Å². The number of imidazole rings is 2. The molecule has 36 heavy (non-hydrogen) atoms. The Labute approximate surface area is 212 Å². The highest BCUT2D eigenvalue weighted by molar-refractivity contribution is 5.77. The molecule has 3 aliphatic heterocycles. The first kappa shape index (κ1) is 22.5. The summed E-state index contributed by atoms with van der Waals surface area (Å²) in [6.07, 6.45) is 7.09. The van der Waals surface area contributed by atoms with E-state index in [-0.39, 0.29) is 0 Å². The molecule has 2 aromatic carbocycles. The van der Waals surface area contributed by atoms with Crippen LogP contribution in [0.2, 0.25) is 0 Å². The molecule has 3 aliphatic rings. The van der Waals surface area contributed by atoms with Gasteiger partial charge < -0.3 is 20.6 Å². The molecular weight excluding hydrogens is 446 g/mol. The summed E-state index contributed by atoms with van der Waals surface area (Å²) in [5, 5.41) is 7.13. The quantitative estimate of drug-likeness (QED) is 0.298. The lowest BCUT2D eigenvalue weighted by Crippen LogP contribution is -2.32. The molecule has 3 fully saturated rings. The van der Waals surface area contributed by atoms with E-state index in [1.54, 1.807) is 0 Å². The molecule has 5 heterocycles. The van der Waals surface area contributed by atoms with Crippen LogP contribution in [-0.4, -0.2) is 44.0 Å². The van der Waals surface area contributed by atoms with Crippen molar-refractivity contribution in [1.29, 1.82) is 0 Å². The van der Waals surface area contributed by atoms with E-state index in [2.05, 4.69) is 75.7 Å². The van der Waals surface area contributed by atoms with Crippen molar-refractivity contribution in [3.05, 3.63) is 59.2 Å². The summed E-state index contributed by atoms with van der Waals surface area (Å²) in [5.41, 5.74) is 7.23. The molecule has 3 saturated heterocycles. The molecule has 0 saturated carbocycles. The van der Waals surface area contributed by atoms with Gasteiger partial charge in [0, 0.05) is 18.1 Å². The number of H-pyrrole nitrogens is 2. The zero-order valence-corrected chi connectivity index (χ0v) is 21.3. The lowest BCUT2D eigenvalue weighted by Gasteiger charge is -2.34. The molecule has 4 aromatic rings. The Hall–Kier alpha value is -2.74. The Morgan fingerprint density at radius 2 is 1.22 bits per heavy atom. The van der Waals surface area contributed by atoms with Gasteiger partial charge in [-0.2, -0.15) is 0 Å². The number of fused-ring (bicyclic) bond motifs is 2.